The Balaban J connectivity index is 1.40. The number of hydrogen-bond donors (Lipinski definition) is 3. The number of benzene rings is 2. The standard InChI is InChI=1S/C20H18N6O3S/c27-18(12-30-20-23-24-25-26(20)14-6-2-1-3-7-14)22-17(19(28)29)10-13-11-21-16-9-5-4-8-15(13)16/h1-9,11,17,21H,10,12H2,(H,22,27)(H,28,29). The van der Waals surface area contributed by atoms with Gasteiger partial charge >= 0.3 is 5.97 Å². The van der Waals surface area contributed by atoms with Gasteiger partial charge in [-0.25, -0.2) is 4.79 Å². The van der Waals surface area contributed by atoms with Gasteiger partial charge in [-0.05, 0) is 34.2 Å². The molecule has 0 spiro atoms. The van der Waals surface area contributed by atoms with Crippen LogP contribution in [0.2, 0.25) is 0 Å². The minimum Gasteiger partial charge on any atom is -0.480 e. The highest BCUT2D eigenvalue weighted by atomic mass is 32.2. The first-order valence-electron chi connectivity index (χ1n) is 9.15. The predicted octanol–water partition coefficient (Wildman–Crippen LogP) is 2.05. The first-order chi connectivity index (χ1) is 14.6. The number of carbonyl (C=O) groups is 2. The van der Waals surface area contributed by atoms with Gasteiger partial charge in [0.25, 0.3) is 0 Å². The van der Waals surface area contributed by atoms with Crippen LogP contribution >= 0.6 is 11.8 Å². The largest absolute Gasteiger partial charge is 0.480 e. The van der Waals surface area contributed by atoms with Crippen molar-refractivity contribution in [3.05, 3.63) is 66.4 Å². The highest BCUT2D eigenvalue weighted by Gasteiger charge is 2.22. The maximum Gasteiger partial charge on any atom is 0.326 e. The molecule has 1 atom stereocenters. The highest BCUT2D eigenvalue weighted by molar-refractivity contribution is 7.99. The van der Waals surface area contributed by atoms with Crippen molar-refractivity contribution in [1.82, 2.24) is 30.5 Å². The van der Waals surface area contributed by atoms with E-state index in [0.717, 1.165) is 33.9 Å². The number of carboxylic acid groups (broad SMARTS) is 1. The van der Waals surface area contributed by atoms with Crippen molar-refractivity contribution in [2.45, 2.75) is 17.6 Å². The molecule has 4 aromatic rings. The van der Waals surface area contributed by atoms with Crippen LogP contribution in [0, 0.1) is 0 Å². The van der Waals surface area contributed by atoms with Crippen LogP contribution in [-0.4, -0.2) is 54.0 Å². The van der Waals surface area contributed by atoms with Gasteiger partial charge in [0.05, 0.1) is 11.4 Å². The number of thioether (sulfide) groups is 1. The molecule has 0 fully saturated rings. The van der Waals surface area contributed by atoms with Crippen LogP contribution in [0.25, 0.3) is 16.6 Å². The lowest BCUT2D eigenvalue weighted by molar-refractivity contribution is -0.141. The molecule has 2 aromatic carbocycles. The molecule has 2 aromatic heterocycles. The Kier molecular flexibility index (Phi) is 5.75. The maximum atomic E-state index is 12.4. The zero-order chi connectivity index (χ0) is 20.9. The van der Waals surface area contributed by atoms with Gasteiger partial charge in [0.15, 0.2) is 0 Å². The zero-order valence-corrected chi connectivity index (χ0v) is 16.5. The molecule has 4 rings (SSSR count). The Morgan fingerprint density at radius 2 is 1.90 bits per heavy atom. The second-order valence-corrected chi connectivity index (χ2v) is 7.46. The van der Waals surface area contributed by atoms with E-state index in [-0.39, 0.29) is 12.2 Å². The lowest BCUT2D eigenvalue weighted by atomic mass is 10.1. The fraction of sp³-hybridized carbons (Fsp3) is 0.150. The van der Waals surface area contributed by atoms with E-state index < -0.39 is 17.9 Å². The molecular formula is C20H18N6O3S. The lowest BCUT2D eigenvalue weighted by Crippen LogP contribution is -2.43. The lowest BCUT2D eigenvalue weighted by Gasteiger charge is -2.14. The number of amides is 1. The predicted molar refractivity (Wildman–Crippen MR) is 111 cm³/mol. The average Bonchev–Trinajstić information content (AvgIpc) is 3.39. The van der Waals surface area contributed by atoms with Crippen LogP contribution in [0.15, 0.2) is 66.0 Å². The Morgan fingerprint density at radius 3 is 2.70 bits per heavy atom. The minimum atomic E-state index is -1.09. The molecule has 0 aliphatic heterocycles. The number of aromatic amines is 1. The number of tetrazole rings is 1. The van der Waals surface area contributed by atoms with Gasteiger partial charge in [-0.2, -0.15) is 4.68 Å². The molecule has 0 aliphatic carbocycles. The molecular weight excluding hydrogens is 404 g/mol. The third-order valence-corrected chi connectivity index (χ3v) is 5.43. The van der Waals surface area contributed by atoms with Crippen LogP contribution in [0.5, 0.6) is 0 Å². The number of H-pyrrole nitrogens is 1. The highest BCUT2D eigenvalue weighted by Crippen LogP contribution is 2.20. The first kappa shape index (κ1) is 19.6. The maximum absolute atomic E-state index is 12.4. The molecule has 0 radical (unpaired) electrons. The van der Waals surface area contributed by atoms with Crippen LogP contribution < -0.4 is 5.32 Å². The number of aromatic nitrogens is 5. The number of hydrogen-bond acceptors (Lipinski definition) is 6. The molecule has 0 saturated carbocycles. The van der Waals surface area contributed by atoms with Gasteiger partial charge in [-0.3, -0.25) is 4.79 Å². The van der Waals surface area contributed by atoms with E-state index in [1.165, 1.54) is 4.68 Å². The summed E-state index contributed by atoms with van der Waals surface area (Å²) in [6.07, 6.45) is 1.95. The molecule has 10 heteroatoms. The van der Waals surface area contributed by atoms with E-state index in [0.29, 0.717) is 5.16 Å². The number of rotatable bonds is 8. The third kappa shape index (κ3) is 4.33. The quantitative estimate of drug-likeness (QED) is 0.371. The summed E-state index contributed by atoms with van der Waals surface area (Å²) < 4.78 is 1.53. The second-order valence-electron chi connectivity index (χ2n) is 6.52. The van der Waals surface area contributed by atoms with E-state index in [9.17, 15) is 14.7 Å². The monoisotopic (exact) mass is 422 g/mol. The Morgan fingerprint density at radius 1 is 1.13 bits per heavy atom. The average molecular weight is 422 g/mol. The van der Waals surface area contributed by atoms with Crippen LogP contribution in [-0.2, 0) is 16.0 Å². The van der Waals surface area contributed by atoms with Gasteiger partial charge in [-0.1, -0.05) is 48.2 Å². The number of carboxylic acids is 1. The second kappa shape index (κ2) is 8.78. The topological polar surface area (TPSA) is 126 Å². The summed E-state index contributed by atoms with van der Waals surface area (Å²) in [5, 5.41) is 25.1. The van der Waals surface area contributed by atoms with Crippen molar-refractivity contribution in [3.8, 4) is 5.69 Å². The molecule has 1 unspecified atom stereocenters. The number of nitrogens with one attached hydrogen (secondary N) is 2. The Hall–Kier alpha value is -3.66. The number of nitrogens with zero attached hydrogens (tertiary/aromatic N) is 4. The molecule has 0 aliphatic rings. The summed E-state index contributed by atoms with van der Waals surface area (Å²) in [7, 11) is 0. The van der Waals surface area contributed by atoms with Crippen molar-refractivity contribution in [2.24, 2.45) is 0 Å². The van der Waals surface area contributed by atoms with Gasteiger partial charge in [0.2, 0.25) is 11.1 Å². The van der Waals surface area contributed by atoms with Crippen LogP contribution in [0.4, 0.5) is 0 Å². The van der Waals surface area contributed by atoms with Crippen molar-refractivity contribution < 1.29 is 14.7 Å². The Bertz CT molecular complexity index is 1170. The Labute approximate surface area is 175 Å². The van der Waals surface area contributed by atoms with E-state index in [1.807, 2.05) is 54.6 Å². The molecule has 0 saturated heterocycles. The van der Waals surface area contributed by atoms with E-state index >= 15 is 0 Å². The minimum absolute atomic E-state index is 0.00906. The molecule has 152 valence electrons. The molecule has 9 nitrogen and oxygen atoms in total. The third-order valence-electron chi connectivity index (χ3n) is 4.51. The summed E-state index contributed by atoms with van der Waals surface area (Å²) >= 11 is 1.14. The molecule has 1 amide bonds. The van der Waals surface area contributed by atoms with Crippen molar-refractivity contribution >= 4 is 34.5 Å². The SMILES string of the molecule is O=C(CSc1nnnn1-c1ccccc1)NC(Cc1c[nH]c2ccccc12)C(=O)O. The van der Waals surface area contributed by atoms with Gasteiger partial charge in [0, 0.05) is 23.5 Å². The fourth-order valence-corrected chi connectivity index (χ4v) is 3.79. The smallest absolute Gasteiger partial charge is 0.326 e. The van der Waals surface area contributed by atoms with Gasteiger partial charge in [0.1, 0.15) is 6.04 Å². The number of aliphatic carboxylic acids is 1. The molecule has 3 N–H and O–H groups in total. The van der Waals surface area contributed by atoms with Crippen molar-refractivity contribution in [1.29, 1.82) is 0 Å². The molecule has 0 bridgehead atoms. The van der Waals surface area contributed by atoms with E-state index in [2.05, 4.69) is 25.8 Å². The van der Waals surface area contributed by atoms with Crippen molar-refractivity contribution in [3.63, 3.8) is 0 Å². The van der Waals surface area contributed by atoms with E-state index in [4.69, 9.17) is 0 Å². The molecule has 2 heterocycles. The van der Waals surface area contributed by atoms with Crippen LogP contribution in [0.3, 0.4) is 0 Å². The van der Waals surface area contributed by atoms with Gasteiger partial charge in [-0.15, -0.1) is 5.10 Å². The number of carbonyl (C=O) groups excluding carboxylic acids is 1. The first-order valence-corrected chi connectivity index (χ1v) is 10.1. The van der Waals surface area contributed by atoms with E-state index in [1.54, 1.807) is 6.20 Å². The van der Waals surface area contributed by atoms with Crippen molar-refractivity contribution in [2.75, 3.05) is 5.75 Å². The number of para-hydroxylation sites is 2. The normalized spacial score (nSPS) is 12.0. The summed E-state index contributed by atoms with van der Waals surface area (Å²) in [5.74, 6) is -1.51. The molecule has 30 heavy (non-hydrogen) atoms. The summed E-state index contributed by atoms with van der Waals surface area (Å²) in [5.41, 5.74) is 2.53. The number of fused-ring (bicyclic) bond motifs is 1. The summed E-state index contributed by atoms with van der Waals surface area (Å²) in [4.78, 5) is 27.2. The summed E-state index contributed by atoms with van der Waals surface area (Å²) in [6.45, 7) is 0. The van der Waals surface area contributed by atoms with Gasteiger partial charge < -0.3 is 15.4 Å². The zero-order valence-electron chi connectivity index (χ0n) is 15.7. The summed E-state index contributed by atoms with van der Waals surface area (Å²) in [6, 6.07) is 15.9. The van der Waals surface area contributed by atoms with Crippen LogP contribution in [0.1, 0.15) is 5.56 Å². The fourth-order valence-electron chi connectivity index (χ4n) is 3.09.